The van der Waals surface area contributed by atoms with Crippen molar-refractivity contribution in [3.8, 4) is 0 Å². The zero-order valence-corrected chi connectivity index (χ0v) is 7.37. The molecule has 0 atom stereocenters. The van der Waals surface area contributed by atoms with Gasteiger partial charge in [0.15, 0.2) is 5.82 Å². The first-order valence-corrected chi connectivity index (χ1v) is 3.94. The highest BCUT2D eigenvalue weighted by molar-refractivity contribution is 5.94. The lowest BCUT2D eigenvalue weighted by Gasteiger charge is -2.00. The number of nitrogens with zero attached hydrogens (tertiary/aromatic N) is 1. The minimum atomic E-state index is -0.701. The van der Waals surface area contributed by atoms with Gasteiger partial charge in [0.05, 0.1) is 24.5 Å². The van der Waals surface area contributed by atoms with Crippen LogP contribution >= 0.6 is 0 Å². The Morgan fingerprint density at radius 3 is 3.07 bits per heavy atom. The standard InChI is InChI=1S/C9H7FN2O2/c1-14-9(13)5-2-3-6-8(7(5)10)12-4-11-6/h2-4H,1H3,(H,11,12). The first-order valence-electron chi connectivity index (χ1n) is 3.94. The van der Waals surface area contributed by atoms with Gasteiger partial charge < -0.3 is 9.72 Å². The van der Waals surface area contributed by atoms with Gasteiger partial charge in [-0.1, -0.05) is 0 Å². The lowest BCUT2D eigenvalue weighted by atomic mass is 10.2. The van der Waals surface area contributed by atoms with Crippen LogP contribution in [0.15, 0.2) is 18.5 Å². The fourth-order valence-corrected chi connectivity index (χ4v) is 1.24. The second-order valence-electron chi connectivity index (χ2n) is 2.72. The number of halogens is 1. The highest BCUT2D eigenvalue weighted by Gasteiger charge is 2.15. The number of benzene rings is 1. The van der Waals surface area contributed by atoms with Crippen LogP contribution in [0.25, 0.3) is 11.0 Å². The molecule has 0 aliphatic heterocycles. The molecule has 2 aromatic rings. The molecule has 1 aromatic carbocycles. The highest BCUT2D eigenvalue weighted by atomic mass is 19.1. The molecule has 4 nitrogen and oxygen atoms in total. The van der Waals surface area contributed by atoms with E-state index in [1.807, 2.05) is 0 Å². The molecule has 0 radical (unpaired) electrons. The molecule has 14 heavy (non-hydrogen) atoms. The molecule has 0 saturated heterocycles. The minimum absolute atomic E-state index is 0.105. The molecule has 0 fully saturated rings. The van der Waals surface area contributed by atoms with Gasteiger partial charge in [0, 0.05) is 0 Å². The SMILES string of the molecule is COC(=O)c1ccc2[nH]cnc2c1F. The zero-order valence-electron chi connectivity index (χ0n) is 7.37. The summed E-state index contributed by atoms with van der Waals surface area (Å²) in [5.41, 5.74) is 0.593. The third-order valence-corrected chi connectivity index (χ3v) is 1.94. The van der Waals surface area contributed by atoms with Gasteiger partial charge in [0.25, 0.3) is 0 Å². The Balaban J connectivity index is 2.67. The van der Waals surface area contributed by atoms with Crippen LogP contribution in [-0.2, 0) is 4.74 Å². The second kappa shape index (κ2) is 3.10. The molecular formula is C9H7FN2O2. The van der Waals surface area contributed by atoms with E-state index in [0.717, 1.165) is 0 Å². The molecule has 0 saturated carbocycles. The molecule has 2 rings (SSSR count). The first kappa shape index (κ1) is 8.68. The monoisotopic (exact) mass is 194 g/mol. The summed E-state index contributed by atoms with van der Waals surface area (Å²) in [5, 5.41) is 0. The van der Waals surface area contributed by atoms with Crippen molar-refractivity contribution in [1.29, 1.82) is 0 Å². The number of aromatic nitrogens is 2. The van der Waals surface area contributed by atoms with Gasteiger partial charge in [-0.2, -0.15) is 0 Å². The predicted octanol–water partition coefficient (Wildman–Crippen LogP) is 1.49. The molecule has 72 valence electrons. The van der Waals surface area contributed by atoms with E-state index in [-0.39, 0.29) is 11.1 Å². The van der Waals surface area contributed by atoms with Crippen LogP contribution < -0.4 is 0 Å². The number of fused-ring (bicyclic) bond motifs is 1. The van der Waals surface area contributed by atoms with Crippen molar-refractivity contribution >= 4 is 17.0 Å². The number of methoxy groups -OCH3 is 1. The van der Waals surface area contributed by atoms with Crippen LogP contribution in [0.5, 0.6) is 0 Å². The molecule has 0 bridgehead atoms. The molecule has 0 amide bonds. The summed E-state index contributed by atoms with van der Waals surface area (Å²) in [6, 6.07) is 2.94. The fraction of sp³-hybridized carbons (Fsp3) is 0.111. The van der Waals surface area contributed by atoms with Crippen molar-refractivity contribution in [3.05, 3.63) is 29.8 Å². The number of hydrogen-bond acceptors (Lipinski definition) is 3. The third kappa shape index (κ3) is 1.14. The van der Waals surface area contributed by atoms with Gasteiger partial charge in [-0.05, 0) is 12.1 Å². The van der Waals surface area contributed by atoms with Gasteiger partial charge in [0.1, 0.15) is 5.52 Å². The lowest BCUT2D eigenvalue weighted by Crippen LogP contribution is -2.04. The Hall–Kier alpha value is -1.91. The van der Waals surface area contributed by atoms with Crippen LogP contribution in [0.3, 0.4) is 0 Å². The van der Waals surface area contributed by atoms with Gasteiger partial charge in [-0.3, -0.25) is 0 Å². The number of hydrogen-bond donors (Lipinski definition) is 1. The third-order valence-electron chi connectivity index (χ3n) is 1.94. The second-order valence-corrected chi connectivity index (χ2v) is 2.72. The smallest absolute Gasteiger partial charge is 0.340 e. The van der Waals surface area contributed by atoms with Crippen LogP contribution in [0.2, 0.25) is 0 Å². The van der Waals surface area contributed by atoms with E-state index in [2.05, 4.69) is 14.7 Å². The molecular weight excluding hydrogens is 187 g/mol. The topological polar surface area (TPSA) is 55.0 Å². The molecule has 1 aromatic heterocycles. The molecule has 1 heterocycles. The molecule has 0 spiro atoms. The Labute approximate surface area is 78.7 Å². The maximum absolute atomic E-state index is 13.6. The van der Waals surface area contributed by atoms with Gasteiger partial charge in [0.2, 0.25) is 0 Å². The quantitative estimate of drug-likeness (QED) is 0.699. The van der Waals surface area contributed by atoms with E-state index < -0.39 is 11.8 Å². The van der Waals surface area contributed by atoms with E-state index in [1.54, 1.807) is 6.07 Å². The Morgan fingerprint density at radius 2 is 2.36 bits per heavy atom. The summed E-state index contributed by atoms with van der Waals surface area (Å²) < 4.78 is 18.0. The minimum Gasteiger partial charge on any atom is -0.465 e. The number of imidazole rings is 1. The van der Waals surface area contributed by atoms with Crippen LogP contribution in [0.4, 0.5) is 4.39 Å². The molecule has 0 aliphatic carbocycles. The van der Waals surface area contributed by atoms with Crippen LogP contribution in [0, 0.1) is 5.82 Å². The van der Waals surface area contributed by atoms with Gasteiger partial charge in [-0.15, -0.1) is 0 Å². The number of aromatic amines is 1. The Kier molecular flexibility index (Phi) is 1.92. The van der Waals surface area contributed by atoms with Crippen molar-refractivity contribution in [2.45, 2.75) is 0 Å². The first-order chi connectivity index (χ1) is 6.74. The summed E-state index contributed by atoms with van der Waals surface area (Å²) in [4.78, 5) is 17.6. The highest BCUT2D eigenvalue weighted by Crippen LogP contribution is 2.18. The van der Waals surface area contributed by atoms with E-state index in [1.165, 1.54) is 19.5 Å². The average Bonchev–Trinajstić information content (AvgIpc) is 2.66. The summed E-state index contributed by atoms with van der Waals surface area (Å²) in [6.45, 7) is 0. The molecule has 1 N–H and O–H groups in total. The molecule has 0 aliphatic rings. The number of rotatable bonds is 1. The van der Waals surface area contributed by atoms with Gasteiger partial charge in [-0.25, -0.2) is 14.2 Å². The Morgan fingerprint density at radius 1 is 1.57 bits per heavy atom. The largest absolute Gasteiger partial charge is 0.465 e. The average molecular weight is 194 g/mol. The molecule has 0 unspecified atom stereocenters. The normalized spacial score (nSPS) is 10.4. The van der Waals surface area contributed by atoms with E-state index in [0.29, 0.717) is 5.52 Å². The number of H-pyrrole nitrogens is 1. The van der Waals surface area contributed by atoms with E-state index in [4.69, 9.17) is 0 Å². The number of nitrogens with one attached hydrogen (secondary N) is 1. The maximum Gasteiger partial charge on any atom is 0.340 e. The van der Waals surface area contributed by atoms with Crippen molar-refractivity contribution in [1.82, 2.24) is 9.97 Å². The zero-order chi connectivity index (χ0) is 10.1. The number of carbonyl (C=O) groups is 1. The van der Waals surface area contributed by atoms with Gasteiger partial charge >= 0.3 is 5.97 Å². The molecule has 5 heteroatoms. The number of carbonyl (C=O) groups excluding carboxylic acids is 1. The fourth-order valence-electron chi connectivity index (χ4n) is 1.24. The predicted molar refractivity (Wildman–Crippen MR) is 47.4 cm³/mol. The number of ether oxygens (including phenoxy) is 1. The Bertz CT molecular complexity index is 493. The van der Waals surface area contributed by atoms with Crippen molar-refractivity contribution < 1.29 is 13.9 Å². The maximum atomic E-state index is 13.6. The number of esters is 1. The van der Waals surface area contributed by atoms with Crippen LogP contribution in [-0.4, -0.2) is 23.0 Å². The summed E-state index contributed by atoms with van der Waals surface area (Å²) in [6.07, 6.45) is 1.37. The summed E-state index contributed by atoms with van der Waals surface area (Å²) in [5.74, 6) is -1.36. The van der Waals surface area contributed by atoms with Crippen LogP contribution in [0.1, 0.15) is 10.4 Å². The lowest BCUT2D eigenvalue weighted by molar-refractivity contribution is 0.0596. The van der Waals surface area contributed by atoms with E-state index >= 15 is 0 Å². The van der Waals surface area contributed by atoms with Crippen molar-refractivity contribution in [2.75, 3.05) is 7.11 Å². The van der Waals surface area contributed by atoms with Crippen molar-refractivity contribution in [2.24, 2.45) is 0 Å². The van der Waals surface area contributed by atoms with Crippen molar-refractivity contribution in [3.63, 3.8) is 0 Å². The summed E-state index contributed by atoms with van der Waals surface area (Å²) in [7, 11) is 1.20. The summed E-state index contributed by atoms with van der Waals surface area (Å²) >= 11 is 0. The van der Waals surface area contributed by atoms with E-state index in [9.17, 15) is 9.18 Å².